The molecule has 0 fully saturated rings. The highest BCUT2D eigenvalue weighted by atomic mass is 15.0. The van der Waals surface area contributed by atoms with Crippen LogP contribution in [-0.4, -0.2) is 15.9 Å². The molecule has 0 saturated carbocycles. The Balaban J connectivity index is 2.09. The van der Waals surface area contributed by atoms with E-state index in [4.69, 9.17) is 10.7 Å². The third-order valence-corrected chi connectivity index (χ3v) is 3.62. The number of rotatable bonds is 4. The Morgan fingerprint density at radius 3 is 2.60 bits per heavy atom. The molecule has 2 N–H and O–H groups in total. The minimum absolute atomic E-state index is 0.688. The Hall–Kier alpha value is -2.13. The lowest BCUT2D eigenvalue weighted by Crippen LogP contribution is -2.02. The van der Waals surface area contributed by atoms with Crippen LogP contribution in [0, 0.1) is 0 Å². The van der Waals surface area contributed by atoms with Crippen molar-refractivity contribution in [1.29, 1.82) is 0 Å². The van der Waals surface area contributed by atoms with Crippen LogP contribution in [-0.2, 0) is 12.8 Å². The number of hydrogen-bond acceptors (Lipinski definition) is 2. The molecule has 0 atom stereocenters. The lowest BCUT2D eigenvalue weighted by molar-refractivity contribution is 0.968. The molecular weight excluding hydrogens is 246 g/mol. The van der Waals surface area contributed by atoms with E-state index < -0.39 is 0 Å². The summed E-state index contributed by atoms with van der Waals surface area (Å²) in [5.74, 6) is 0. The van der Waals surface area contributed by atoms with Crippen molar-refractivity contribution in [2.24, 2.45) is 5.73 Å². The van der Waals surface area contributed by atoms with Gasteiger partial charge in [0.1, 0.15) is 5.65 Å². The van der Waals surface area contributed by atoms with Crippen LogP contribution in [0.4, 0.5) is 0 Å². The number of nitrogens with zero attached hydrogens (tertiary/aromatic N) is 2. The van der Waals surface area contributed by atoms with Crippen LogP contribution in [0.2, 0.25) is 0 Å². The first kappa shape index (κ1) is 12.9. The smallest absolute Gasteiger partial charge is 0.137 e. The summed E-state index contributed by atoms with van der Waals surface area (Å²) in [6.45, 7) is 2.86. The third kappa shape index (κ3) is 2.21. The van der Waals surface area contributed by atoms with Gasteiger partial charge in [-0.1, -0.05) is 37.3 Å². The number of benzene rings is 1. The van der Waals surface area contributed by atoms with Gasteiger partial charge in [-0.25, -0.2) is 4.98 Å². The summed E-state index contributed by atoms with van der Waals surface area (Å²) in [6, 6.07) is 14.7. The Labute approximate surface area is 119 Å². The number of imidazole rings is 1. The molecule has 3 aromatic rings. The van der Waals surface area contributed by atoms with Crippen molar-refractivity contribution in [3.05, 3.63) is 59.9 Å². The summed E-state index contributed by atoms with van der Waals surface area (Å²) in [6.07, 6.45) is 3.96. The quantitative estimate of drug-likeness (QED) is 0.788. The summed E-state index contributed by atoms with van der Waals surface area (Å²) in [7, 11) is 0. The molecule has 3 rings (SSSR count). The lowest BCUT2D eigenvalue weighted by atomic mass is 10.1. The van der Waals surface area contributed by atoms with E-state index in [1.807, 2.05) is 18.2 Å². The topological polar surface area (TPSA) is 43.3 Å². The van der Waals surface area contributed by atoms with E-state index >= 15 is 0 Å². The standard InChI is InChI=1S/C17H19N3/c1-2-15-17(19-16-5-3-4-12-20(15)16)14-8-6-13(7-9-14)10-11-18/h3-9,12H,2,10-11,18H2,1H3. The van der Waals surface area contributed by atoms with Gasteiger partial charge < -0.3 is 10.1 Å². The maximum atomic E-state index is 5.59. The first-order valence-corrected chi connectivity index (χ1v) is 7.09. The second kappa shape index (κ2) is 5.47. The summed E-state index contributed by atoms with van der Waals surface area (Å²) >= 11 is 0. The minimum atomic E-state index is 0.688. The van der Waals surface area contributed by atoms with E-state index in [0.29, 0.717) is 6.54 Å². The monoisotopic (exact) mass is 265 g/mol. The Kier molecular flexibility index (Phi) is 3.52. The normalized spacial score (nSPS) is 11.1. The molecule has 0 spiro atoms. The molecule has 0 aliphatic heterocycles. The molecule has 1 aromatic carbocycles. The van der Waals surface area contributed by atoms with Crippen LogP contribution in [0.25, 0.3) is 16.9 Å². The molecular formula is C17H19N3. The van der Waals surface area contributed by atoms with Gasteiger partial charge in [0, 0.05) is 11.8 Å². The van der Waals surface area contributed by atoms with Gasteiger partial charge in [0.2, 0.25) is 0 Å². The van der Waals surface area contributed by atoms with Crippen molar-refractivity contribution in [1.82, 2.24) is 9.38 Å². The van der Waals surface area contributed by atoms with Crippen molar-refractivity contribution < 1.29 is 0 Å². The van der Waals surface area contributed by atoms with Gasteiger partial charge in [0.05, 0.1) is 11.4 Å². The number of nitrogens with two attached hydrogens (primary N) is 1. The van der Waals surface area contributed by atoms with E-state index in [1.165, 1.54) is 16.8 Å². The van der Waals surface area contributed by atoms with Gasteiger partial charge >= 0.3 is 0 Å². The molecule has 0 unspecified atom stereocenters. The van der Waals surface area contributed by atoms with Crippen molar-refractivity contribution in [2.75, 3.05) is 6.54 Å². The molecule has 0 amide bonds. The van der Waals surface area contributed by atoms with Gasteiger partial charge in [-0.2, -0.15) is 0 Å². The van der Waals surface area contributed by atoms with E-state index in [2.05, 4.69) is 41.8 Å². The van der Waals surface area contributed by atoms with Crippen molar-refractivity contribution >= 4 is 5.65 Å². The largest absolute Gasteiger partial charge is 0.330 e. The van der Waals surface area contributed by atoms with Gasteiger partial charge in [-0.05, 0) is 37.1 Å². The zero-order valence-electron chi connectivity index (χ0n) is 11.7. The fourth-order valence-electron chi connectivity index (χ4n) is 2.61. The predicted octanol–water partition coefficient (Wildman–Crippen LogP) is 3.06. The first-order valence-electron chi connectivity index (χ1n) is 7.09. The maximum Gasteiger partial charge on any atom is 0.137 e. The van der Waals surface area contributed by atoms with Gasteiger partial charge in [0.15, 0.2) is 0 Å². The second-order valence-corrected chi connectivity index (χ2v) is 4.93. The fraction of sp³-hybridized carbons (Fsp3) is 0.235. The Morgan fingerprint density at radius 2 is 1.90 bits per heavy atom. The Morgan fingerprint density at radius 1 is 1.10 bits per heavy atom. The highest BCUT2D eigenvalue weighted by molar-refractivity contribution is 5.66. The number of hydrogen-bond donors (Lipinski definition) is 1. The zero-order valence-corrected chi connectivity index (χ0v) is 11.7. The number of aryl methyl sites for hydroxylation is 1. The van der Waals surface area contributed by atoms with Crippen LogP contribution in [0.15, 0.2) is 48.7 Å². The molecule has 0 bridgehead atoms. The van der Waals surface area contributed by atoms with Crippen molar-refractivity contribution in [3.8, 4) is 11.3 Å². The number of aromatic nitrogens is 2. The molecule has 0 aliphatic rings. The second-order valence-electron chi connectivity index (χ2n) is 4.93. The van der Waals surface area contributed by atoms with Crippen LogP contribution in [0.3, 0.4) is 0 Å². The molecule has 3 nitrogen and oxygen atoms in total. The molecule has 102 valence electrons. The third-order valence-electron chi connectivity index (χ3n) is 3.62. The summed E-state index contributed by atoms with van der Waals surface area (Å²) in [4.78, 5) is 4.77. The van der Waals surface area contributed by atoms with Gasteiger partial charge in [0.25, 0.3) is 0 Å². The van der Waals surface area contributed by atoms with Crippen LogP contribution < -0.4 is 5.73 Å². The molecule has 2 aromatic heterocycles. The number of fused-ring (bicyclic) bond motifs is 1. The maximum absolute atomic E-state index is 5.59. The van der Waals surface area contributed by atoms with Crippen LogP contribution >= 0.6 is 0 Å². The molecule has 3 heteroatoms. The molecule has 0 aliphatic carbocycles. The van der Waals surface area contributed by atoms with E-state index in [-0.39, 0.29) is 0 Å². The average molecular weight is 265 g/mol. The van der Waals surface area contributed by atoms with Crippen molar-refractivity contribution in [2.45, 2.75) is 19.8 Å². The van der Waals surface area contributed by atoms with Crippen LogP contribution in [0.1, 0.15) is 18.2 Å². The highest BCUT2D eigenvalue weighted by Gasteiger charge is 2.11. The molecule has 2 heterocycles. The molecule has 0 radical (unpaired) electrons. The average Bonchev–Trinajstić information content (AvgIpc) is 2.87. The lowest BCUT2D eigenvalue weighted by Gasteiger charge is -2.04. The van der Waals surface area contributed by atoms with Crippen molar-refractivity contribution in [3.63, 3.8) is 0 Å². The zero-order chi connectivity index (χ0) is 13.9. The SMILES string of the molecule is CCc1c(-c2ccc(CCN)cc2)nc2ccccn12. The summed E-state index contributed by atoms with van der Waals surface area (Å²) < 4.78 is 2.17. The first-order chi connectivity index (χ1) is 9.83. The van der Waals surface area contributed by atoms with E-state index in [9.17, 15) is 0 Å². The highest BCUT2D eigenvalue weighted by Crippen LogP contribution is 2.25. The summed E-state index contributed by atoms with van der Waals surface area (Å²) in [5, 5.41) is 0. The van der Waals surface area contributed by atoms with Gasteiger partial charge in [-0.15, -0.1) is 0 Å². The summed E-state index contributed by atoms with van der Waals surface area (Å²) in [5.41, 5.74) is 11.4. The van der Waals surface area contributed by atoms with Gasteiger partial charge in [-0.3, -0.25) is 0 Å². The van der Waals surface area contributed by atoms with E-state index in [0.717, 1.165) is 24.2 Å². The number of pyridine rings is 1. The van der Waals surface area contributed by atoms with Crippen LogP contribution in [0.5, 0.6) is 0 Å². The van der Waals surface area contributed by atoms with E-state index in [1.54, 1.807) is 0 Å². The predicted molar refractivity (Wildman–Crippen MR) is 82.8 cm³/mol. The molecule has 0 saturated heterocycles. The fourth-order valence-corrected chi connectivity index (χ4v) is 2.61. The Bertz CT molecular complexity index is 711. The minimum Gasteiger partial charge on any atom is -0.330 e. The molecule has 20 heavy (non-hydrogen) atoms.